The van der Waals surface area contributed by atoms with Gasteiger partial charge in [0, 0.05) is 19.7 Å². The third kappa shape index (κ3) is 6.03. The maximum atomic E-state index is 12.0. The minimum absolute atomic E-state index is 0.0396. The van der Waals surface area contributed by atoms with Crippen molar-refractivity contribution in [1.29, 1.82) is 0 Å². The number of amides is 1. The van der Waals surface area contributed by atoms with Crippen LogP contribution in [0, 0.1) is 0 Å². The average molecular weight is 355 g/mol. The smallest absolute Gasteiger partial charge is 0.422 e. The number of hydrogen-bond donors (Lipinski definition) is 1. The van der Waals surface area contributed by atoms with Crippen LogP contribution in [0.2, 0.25) is 0 Å². The molecule has 2 rings (SSSR count). The van der Waals surface area contributed by atoms with Crippen molar-refractivity contribution in [2.45, 2.75) is 12.3 Å². The van der Waals surface area contributed by atoms with Gasteiger partial charge in [-0.25, -0.2) is 0 Å². The van der Waals surface area contributed by atoms with Gasteiger partial charge in [0.15, 0.2) is 12.3 Å². The summed E-state index contributed by atoms with van der Waals surface area (Å²) in [6.45, 7) is -1.27. The Morgan fingerprint density at radius 2 is 1.88 bits per heavy atom. The van der Waals surface area contributed by atoms with Crippen molar-refractivity contribution in [2.24, 2.45) is 0 Å². The molecule has 0 spiro atoms. The van der Waals surface area contributed by atoms with Crippen LogP contribution in [-0.2, 0) is 4.74 Å². The van der Waals surface area contributed by atoms with Crippen LogP contribution < -0.4 is 10.1 Å². The number of aromatic nitrogens is 2. The molecule has 1 amide bonds. The lowest BCUT2D eigenvalue weighted by Crippen LogP contribution is -2.30. The summed E-state index contributed by atoms with van der Waals surface area (Å²) in [6, 6.07) is 11.7. The predicted molar refractivity (Wildman–Crippen MR) is 82.1 cm³/mol. The van der Waals surface area contributed by atoms with E-state index < -0.39 is 18.7 Å². The molecule has 1 N–H and O–H groups in total. The van der Waals surface area contributed by atoms with Gasteiger partial charge in [-0.05, 0) is 11.6 Å². The largest absolute Gasteiger partial charge is 0.467 e. The second-order valence-electron chi connectivity index (χ2n) is 5.01. The summed E-state index contributed by atoms with van der Waals surface area (Å²) < 4.78 is 45.9. The van der Waals surface area contributed by atoms with Crippen molar-refractivity contribution in [1.82, 2.24) is 15.5 Å². The average Bonchev–Trinajstić information content (AvgIpc) is 2.61. The number of benzene rings is 1. The molecule has 1 aromatic heterocycles. The highest BCUT2D eigenvalue weighted by molar-refractivity contribution is 5.92. The normalized spacial score (nSPS) is 12.5. The Balaban J connectivity index is 1.90. The zero-order chi connectivity index (χ0) is 18.3. The standard InChI is InChI=1S/C16H16F3N3O3/c1-24-13(11-5-3-2-4-6-11)9-20-15(23)12-7-8-14(22-21-12)25-10-16(17,18)19/h2-8,13H,9-10H2,1H3,(H,20,23). The van der Waals surface area contributed by atoms with Gasteiger partial charge in [0.2, 0.25) is 5.88 Å². The molecule has 0 bridgehead atoms. The van der Waals surface area contributed by atoms with E-state index in [1.807, 2.05) is 30.3 Å². The number of carbonyl (C=O) groups excluding carboxylic acids is 1. The predicted octanol–water partition coefficient (Wildman–Crippen LogP) is 2.54. The quantitative estimate of drug-likeness (QED) is 0.826. The first kappa shape index (κ1) is 18.7. The van der Waals surface area contributed by atoms with Crippen molar-refractivity contribution >= 4 is 5.91 Å². The molecular weight excluding hydrogens is 339 g/mol. The fourth-order valence-electron chi connectivity index (χ4n) is 1.95. The second-order valence-corrected chi connectivity index (χ2v) is 5.01. The minimum atomic E-state index is -4.47. The van der Waals surface area contributed by atoms with E-state index in [0.29, 0.717) is 0 Å². The number of alkyl halides is 3. The van der Waals surface area contributed by atoms with Crippen molar-refractivity contribution in [2.75, 3.05) is 20.3 Å². The Hall–Kier alpha value is -2.68. The lowest BCUT2D eigenvalue weighted by molar-refractivity contribution is -0.154. The molecule has 2 aromatic rings. The van der Waals surface area contributed by atoms with Crippen LogP contribution in [0.5, 0.6) is 5.88 Å². The number of hydrogen-bond acceptors (Lipinski definition) is 5. The highest BCUT2D eigenvalue weighted by atomic mass is 19.4. The number of nitrogens with zero attached hydrogens (tertiary/aromatic N) is 2. The van der Waals surface area contributed by atoms with Crippen LogP contribution in [0.25, 0.3) is 0 Å². The lowest BCUT2D eigenvalue weighted by Gasteiger charge is -2.16. The topological polar surface area (TPSA) is 73.3 Å². The fraction of sp³-hybridized carbons (Fsp3) is 0.312. The van der Waals surface area contributed by atoms with E-state index in [1.54, 1.807) is 0 Å². The molecule has 0 fully saturated rings. The minimum Gasteiger partial charge on any atom is -0.467 e. The van der Waals surface area contributed by atoms with E-state index >= 15 is 0 Å². The van der Waals surface area contributed by atoms with E-state index in [2.05, 4.69) is 20.3 Å². The molecular formula is C16H16F3N3O3. The molecule has 1 unspecified atom stereocenters. The molecule has 25 heavy (non-hydrogen) atoms. The molecule has 1 aromatic carbocycles. The monoisotopic (exact) mass is 355 g/mol. The number of nitrogens with one attached hydrogen (secondary N) is 1. The molecule has 134 valence electrons. The molecule has 0 saturated heterocycles. The Bertz CT molecular complexity index is 679. The first-order valence-electron chi connectivity index (χ1n) is 7.28. The van der Waals surface area contributed by atoms with Gasteiger partial charge in [-0.3, -0.25) is 4.79 Å². The maximum absolute atomic E-state index is 12.0. The second kappa shape index (κ2) is 8.43. The first-order chi connectivity index (χ1) is 11.9. The van der Waals surface area contributed by atoms with Crippen LogP contribution in [0.15, 0.2) is 42.5 Å². The van der Waals surface area contributed by atoms with Gasteiger partial charge >= 0.3 is 6.18 Å². The Labute approximate surface area is 142 Å². The molecule has 9 heteroatoms. The highest BCUT2D eigenvalue weighted by Crippen LogP contribution is 2.17. The summed E-state index contributed by atoms with van der Waals surface area (Å²) >= 11 is 0. The SMILES string of the molecule is COC(CNC(=O)c1ccc(OCC(F)(F)F)nn1)c1ccccc1. The third-order valence-corrected chi connectivity index (χ3v) is 3.16. The van der Waals surface area contributed by atoms with Crippen molar-refractivity contribution in [3.05, 3.63) is 53.7 Å². The van der Waals surface area contributed by atoms with Gasteiger partial charge in [-0.1, -0.05) is 30.3 Å². The Morgan fingerprint density at radius 3 is 2.44 bits per heavy atom. The zero-order valence-electron chi connectivity index (χ0n) is 13.3. The maximum Gasteiger partial charge on any atom is 0.422 e. The number of halogens is 3. The molecule has 0 aliphatic carbocycles. The molecule has 0 radical (unpaired) electrons. The van der Waals surface area contributed by atoms with E-state index in [1.165, 1.54) is 13.2 Å². The van der Waals surface area contributed by atoms with E-state index in [-0.39, 0.29) is 24.2 Å². The van der Waals surface area contributed by atoms with Gasteiger partial charge in [-0.2, -0.15) is 13.2 Å². The molecule has 1 heterocycles. The van der Waals surface area contributed by atoms with Crippen LogP contribution in [-0.4, -0.2) is 42.5 Å². The van der Waals surface area contributed by atoms with Crippen molar-refractivity contribution < 1.29 is 27.4 Å². The summed E-state index contributed by atoms with van der Waals surface area (Å²) in [4.78, 5) is 12.0. The van der Waals surface area contributed by atoms with Crippen LogP contribution in [0.1, 0.15) is 22.2 Å². The van der Waals surface area contributed by atoms with Crippen LogP contribution >= 0.6 is 0 Å². The zero-order valence-corrected chi connectivity index (χ0v) is 13.3. The summed E-state index contributed by atoms with van der Waals surface area (Å²) in [6.07, 6.45) is -4.81. The Kier molecular flexibility index (Phi) is 6.29. The fourth-order valence-corrected chi connectivity index (χ4v) is 1.95. The van der Waals surface area contributed by atoms with Crippen LogP contribution in [0.4, 0.5) is 13.2 Å². The molecule has 6 nitrogen and oxygen atoms in total. The Morgan fingerprint density at radius 1 is 1.16 bits per heavy atom. The van der Waals surface area contributed by atoms with Gasteiger partial charge in [0.25, 0.3) is 5.91 Å². The molecule has 1 atom stereocenters. The number of carbonyl (C=O) groups is 1. The number of ether oxygens (including phenoxy) is 2. The summed E-state index contributed by atoms with van der Waals surface area (Å²) in [5.74, 6) is -0.833. The van der Waals surface area contributed by atoms with Crippen molar-refractivity contribution in [3.63, 3.8) is 0 Å². The van der Waals surface area contributed by atoms with Gasteiger partial charge in [0.1, 0.15) is 0 Å². The summed E-state index contributed by atoms with van der Waals surface area (Å²) in [5, 5.41) is 9.64. The lowest BCUT2D eigenvalue weighted by atomic mass is 10.1. The highest BCUT2D eigenvalue weighted by Gasteiger charge is 2.28. The third-order valence-electron chi connectivity index (χ3n) is 3.16. The van der Waals surface area contributed by atoms with E-state index in [9.17, 15) is 18.0 Å². The van der Waals surface area contributed by atoms with Gasteiger partial charge < -0.3 is 14.8 Å². The van der Waals surface area contributed by atoms with Gasteiger partial charge in [-0.15, -0.1) is 10.2 Å². The van der Waals surface area contributed by atoms with Crippen LogP contribution in [0.3, 0.4) is 0 Å². The summed E-state index contributed by atoms with van der Waals surface area (Å²) in [7, 11) is 1.52. The summed E-state index contributed by atoms with van der Waals surface area (Å²) in [5.41, 5.74) is 0.856. The first-order valence-corrected chi connectivity index (χ1v) is 7.28. The molecule has 0 saturated carbocycles. The van der Waals surface area contributed by atoms with Gasteiger partial charge in [0.05, 0.1) is 6.10 Å². The molecule has 0 aliphatic heterocycles. The van der Waals surface area contributed by atoms with E-state index in [4.69, 9.17) is 4.74 Å². The van der Waals surface area contributed by atoms with E-state index in [0.717, 1.165) is 11.6 Å². The van der Waals surface area contributed by atoms with Crippen molar-refractivity contribution in [3.8, 4) is 5.88 Å². The number of methoxy groups -OCH3 is 1. The molecule has 0 aliphatic rings. The number of rotatable bonds is 7.